The third-order valence-corrected chi connectivity index (χ3v) is 2.56. The maximum absolute atomic E-state index is 5.84. The SMILES string of the molecule is CCCc1nc(N)cc(N(CCC)CCC)n1. The van der Waals surface area contributed by atoms with E-state index in [0.29, 0.717) is 5.82 Å². The third-order valence-electron chi connectivity index (χ3n) is 2.56. The summed E-state index contributed by atoms with van der Waals surface area (Å²) in [5, 5.41) is 0. The molecule has 4 nitrogen and oxygen atoms in total. The van der Waals surface area contributed by atoms with E-state index in [4.69, 9.17) is 5.73 Å². The van der Waals surface area contributed by atoms with Crippen molar-refractivity contribution < 1.29 is 0 Å². The van der Waals surface area contributed by atoms with Crippen molar-refractivity contribution >= 4 is 11.6 Å². The van der Waals surface area contributed by atoms with Crippen molar-refractivity contribution in [1.82, 2.24) is 9.97 Å². The second-order valence-electron chi connectivity index (χ2n) is 4.30. The summed E-state index contributed by atoms with van der Waals surface area (Å²) in [4.78, 5) is 11.2. The van der Waals surface area contributed by atoms with Crippen LogP contribution in [0.3, 0.4) is 0 Å². The molecule has 1 aromatic heterocycles. The minimum absolute atomic E-state index is 0.579. The number of nitrogens with two attached hydrogens (primary N) is 1. The summed E-state index contributed by atoms with van der Waals surface area (Å²) in [6.07, 6.45) is 4.18. The quantitative estimate of drug-likeness (QED) is 0.790. The van der Waals surface area contributed by atoms with Crippen molar-refractivity contribution in [2.75, 3.05) is 23.7 Å². The summed E-state index contributed by atoms with van der Waals surface area (Å²) in [5.74, 6) is 2.42. The lowest BCUT2D eigenvalue weighted by Crippen LogP contribution is -2.26. The molecule has 0 amide bonds. The van der Waals surface area contributed by atoms with Crippen molar-refractivity contribution in [1.29, 1.82) is 0 Å². The van der Waals surface area contributed by atoms with Crippen LogP contribution in [0.2, 0.25) is 0 Å². The average Bonchev–Trinajstić information content (AvgIpc) is 2.28. The van der Waals surface area contributed by atoms with Gasteiger partial charge in [0.2, 0.25) is 0 Å². The molecule has 1 rings (SSSR count). The van der Waals surface area contributed by atoms with Crippen molar-refractivity contribution in [3.05, 3.63) is 11.9 Å². The van der Waals surface area contributed by atoms with E-state index in [2.05, 4.69) is 35.6 Å². The molecule has 0 bridgehead atoms. The predicted molar refractivity (Wildman–Crippen MR) is 73.2 cm³/mol. The topological polar surface area (TPSA) is 55.0 Å². The zero-order valence-electron chi connectivity index (χ0n) is 11.2. The van der Waals surface area contributed by atoms with Crippen LogP contribution in [-0.4, -0.2) is 23.1 Å². The molecular weight excluding hydrogens is 212 g/mol. The molecule has 0 spiro atoms. The van der Waals surface area contributed by atoms with Gasteiger partial charge in [-0.2, -0.15) is 0 Å². The van der Waals surface area contributed by atoms with Gasteiger partial charge in [-0.1, -0.05) is 20.8 Å². The standard InChI is InChI=1S/C13H24N4/c1-4-7-12-15-11(14)10-13(16-12)17(8-5-2)9-6-3/h10H,4-9H2,1-3H3,(H2,14,15,16). The number of hydrogen-bond acceptors (Lipinski definition) is 4. The molecule has 0 radical (unpaired) electrons. The average molecular weight is 236 g/mol. The van der Waals surface area contributed by atoms with E-state index in [1.165, 1.54) is 0 Å². The summed E-state index contributed by atoms with van der Waals surface area (Å²) in [6, 6.07) is 1.88. The molecule has 0 unspecified atom stereocenters. The van der Waals surface area contributed by atoms with Gasteiger partial charge in [0.05, 0.1) is 0 Å². The molecule has 0 saturated heterocycles. The Morgan fingerprint density at radius 3 is 2.24 bits per heavy atom. The predicted octanol–water partition coefficient (Wildman–Crippen LogP) is 2.64. The molecule has 1 aromatic rings. The number of hydrogen-bond donors (Lipinski definition) is 1. The van der Waals surface area contributed by atoms with Gasteiger partial charge in [-0.05, 0) is 19.3 Å². The van der Waals surface area contributed by atoms with Crippen LogP contribution in [0.5, 0.6) is 0 Å². The smallest absolute Gasteiger partial charge is 0.134 e. The van der Waals surface area contributed by atoms with Crippen molar-refractivity contribution in [2.24, 2.45) is 0 Å². The Labute approximate surface area is 104 Å². The first-order valence-electron chi connectivity index (χ1n) is 6.59. The molecule has 0 aromatic carbocycles. The van der Waals surface area contributed by atoms with Crippen LogP contribution < -0.4 is 10.6 Å². The van der Waals surface area contributed by atoms with Crippen LogP contribution in [0, 0.1) is 0 Å². The second-order valence-corrected chi connectivity index (χ2v) is 4.30. The van der Waals surface area contributed by atoms with Crippen LogP contribution in [0.15, 0.2) is 6.07 Å². The normalized spacial score (nSPS) is 10.5. The van der Waals surface area contributed by atoms with Crippen molar-refractivity contribution in [3.63, 3.8) is 0 Å². The summed E-state index contributed by atoms with van der Waals surface area (Å²) in [7, 11) is 0. The molecule has 0 atom stereocenters. The van der Waals surface area contributed by atoms with Gasteiger partial charge in [-0.15, -0.1) is 0 Å². The minimum atomic E-state index is 0.579. The third kappa shape index (κ3) is 4.21. The number of nitrogen functional groups attached to an aromatic ring is 1. The van der Waals surface area contributed by atoms with E-state index < -0.39 is 0 Å². The summed E-state index contributed by atoms with van der Waals surface area (Å²) in [6.45, 7) is 8.54. The first-order valence-corrected chi connectivity index (χ1v) is 6.59. The molecule has 2 N–H and O–H groups in total. The van der Waals surface area contributed by atoms with E-state index in [1.54, 1.807) is 0 Å². The summed E-state index contributed by atoms with van der Waals surface area (Å²) >= 11 is 0. The van der Waals surface area contributed by atoms with E-state index in [0.717, 1.165) is 50.4 Å². The highest BCUT2D eigenvalue weighted by Gasteiger charge is 2.09. The lowest BCUT2D eigenvalue weighted by atomic mass is 10.3. The molecule has 0 fully saturated rings. The Morgan fingerprint density at radius 2 is 1.71 bits per heavy atom. The Hall–Kier alpha value is -1.32. The number of aromatic nitrogens is 2. The fourth-order valence-corrected chi connectivity index (χ4v) is 1.88. The first-order chi connectivity index (χ1) is 8.21. The molecular formula is C13H24N4. The number of anilines is 2. The van der Waals surface area contributed by atoms with Crippen molar-refractivity contribution in [3.8, 4) is 0 Å². The largest absolute Gasteiger partial charge is 0.384 e. The zero-order chi connectivity index (χ0) is 12.7. The Balaban J connectivity index is 2.92. The minimum Gasteiger partial charge on any atom is -0.384 e. The molecule has 0 aliphatic carbocycles. The summed E-state index contributed by atoms with van der Waals surface area (Å²) in [5.41, 5.74) is 5.84. The highest BCUT2D eigenvalue weighted by Crippen LogP contribution is 2.15. The molecule has 4 heteroatoms. The molecule has 1 heterocycles. The fraction of sp³-hybridized carbons (Fsp3) is 0.692. The maximum atomic E-state index is 5.84. The Kier molecular flexibility index (Phi) is 5.73. The molecule has 0 aliphatic heterocycles. The molecule has 17 heavy (non-hydrogen) atoms. The zero-order valence-corrected chi connectivity index (χ0v) is 11.2. The molecule has 0 aliphatic rings. The molecule has 96 valence electrons. The van der Waals surface area contributed by atoms with E-state index in [9.17, 15) is 0 Å². The van der Waals surface area contributed by atoms with E-state index >= 15 is 0 Å². The van der Waals surface area contributed by atoms with Gasteiger partial charge in [0.15, 0.2) is 0 Å². The van der Waals surface area contributed by atoms with Gasteiger partial charge < -0.3 is 10.6 Å². The first kappa shape index (κ1) is 13.7. The van der Waals surface area contributed by atoms with Gasteiger partial charge in [0.25, 0.3) is 0 Å². The second kappa shape index (κ2) is 7.09. The van der Waals surface area contributed by atoms with Crippen molar-refractivity contribution in [2.45, 2.75) is 46.5 Å². The van der Waals surface area contributed by atoms with Gasteiger partial charge in [-0.25, -0.2) is 9.97 Å². The number of nitrogens with zero attached hydrogens (tertiary/aromatic N) is 3. The van der Waals surface area contributed by atoms with E-state index in [1.807, 2.05) is 6.07 Å². The Morgan fingerprint density at radius 1 is 1.06 bits per heavy atom. The van der Waals surface area contributed by atoms with Crippen LogP contribution in [0.1, 0.15) is 45.9 Å². The lowest BCUT2D eigenvalue weighted by Gasteiger charge is -2.23. The van der Waals surface area contributed by atoms with Crippen LogP contribution >= 0.6 is 0 Å². The summed E-state index contributed by atoms with van der Waals surface area (Å²) < 4.78 is 0. The highest BCUT2D eigenvalue weighted by molar-refractivity contribution is 5.47. The maximum Gasteiger partial charge on any atom is 0.134 e. The lowest BCUT2D eigenvalue weighted by molar-refractivity contribution is 0.724. The van der Waals surface area contributed by atoms with Crippen LogP contribution in [0.4, 0.5) is 11.6 Å². The van der Waals surface area contributed by atoms with Gasteiger partial charge in [0.1, 0.15) is 17.5 Å². The molecule has 0 saturated carbocycles. The van der Waals surface area contributed by atoms with Crippen LogP contribution in [-0.2, 0) is 6.42 Å². The van der Waals surface area contributed by atoms with Gasteiger partial charge >= 0.3 is 0 Å². The number of rotatable bonds is 7. The van der Waals surface area contributed by atoms with Crippen LogP contribution in [0.25, 0.3) is 0 Å². The fourth-order valence-electron chi connectivity index (χ4n) is 1.88. The Bertz CT molecular complexity index is 332. The number of aryl methyl sites for hydroxylation is 1. The van der Waals surface area contributed by atoms with Gasteiger partial charge in [-0.3, -0.25) is 0 Å². The van der Waals surface area contributed by atoms with Gasteiger partial charge in [0, 0.05) is 25.6 Å². The highest BCUT2D eigenvalue weighted by atomic mass is 15.2. The van der Waals surface area contributed by atoms with E-state index in [-0.39, 0.29) is 0 Å². The monoisotopic (exact) mass is 236 g/mol.